The summed E-state index contributed by atoms with van der Waals surface area (Å²) in [5.41, 5.74) is 2.79. The molecule has 0 saturated carbocycles. The van der Waals surface area contributed by atoms with E-state index in [1.165, 1.54) is 0 Å². The van der Waals surface area contributed by atoms with E-state index in [9.17, 15) is 0 Å². The zero-order valence-corrected chi connectivity index (χ0v) is 8.22. The topological polar surface area (TPSA) is 33.0 Å². The van der Waals surface area contributed by atoms with Crippen LogP contribution in [0.1, 0.15) is 23.6 Å². The van der Waals surface area contributed by atoms with E-state index in [2.05, 4.69) is 6.07 Å². The van der Waals surface area contributed by atoms with Gasteiger partial charge >= 0.3 is 0 Å². The second-order valence-corrected chi connectivity index (χ2v) is 2.91. The van der Waals surface area contributed by atoms with E-state index < -0.39 is 0 Å². The van der Waals surface area contributed by atoms with Gasteiger partial charge in [-0.25, -0.2) is 0 Å². The molecule has 2 nitrogen and oxygen atoms in total. The summed E-state index contributed by atoms with van der Waals surface area (Å²) < 4.78 is 5.41. The molecule has 0 spiro atoms. The van der Waals surface area contributed by atoms with Gasteiger partial charge in [-0.05, 0) is 44.0 Å². The molecule has 1 aromatic rings. The Bertz CT molecular complexity index is 350. The number of benzene rings is 1. The van der Waals surface area contributed by atoms with Crippen molar-refractivity contribution in [1.82, 2.24) is 0 Å². The lowest BCUT2D eigenvalue weighted by molar-refractivity contribution is 0.337. The highest BCUT2D eigenvalue weighted by Gasteiger charge is 2.05. The minimum absolute atomic E-state index is 0.659. The molecule has 0 aliphatic carbocycles. The lowest BCUT2D eigenvalue weighted by Gasteiger charge is -2.09. The molecule has 0 fully saturated rings. The molecule has 13 heavy (non-hydrogen) atoms. The van der Waals surface area contributed by atoms with Gasteiger partial charge in [0.25, 0.3) is 0 Å². The predicted octanol–water partition coefficient (Wildman–Crippen LogP) is 2.57. The van der Waals surface area contributed by atoms with Crippen molar-refractivity contribution in [2.24, 2.45) is 0 Å². The Balaban J connectivity index is 3.17. The summed E-state index contributed by atoms with van der Waals surface area (Å²) in [6, 6.07) is 5.80. The van der Waals surface area contributed by atoms with Crippen molar-refractivity contribution in [3.05, 3.63) is 28.8 Å². The van der Waals surface area contributed by atoms with Gasteiger partial charge in [-0.1, -0.05) is 0 Å². The standard InChI is InChI=1S/C11H13NO/c1-4-13-11-6-5-10(7-12)8(2)9(11)3/h5-6H,4H2,1-3H3. The number of hydrogen-bond donors (Lipinski definition) is 0. The summed E-state index contributed by atoms with van der Waals surface area (Å²) in [5, 5.41) is 8.77. The van der Waals surface area contributed by atoms with Gasteiger partial charge in [-0.15, -0.1) is 0 Å². The van der Waals surface area contributed by atoms with Crippen molar-refractivity contribution >= 4 is 0 Å². The Morgan fingerprint density at radius 3 is 2.54 bits per heavy atom. The van der Waals surface area contributed by atoms with Crippen LogP contribution in [0.25, 0.3) is 0 Å². The fourth-order valence-corrected chi connectivity index (χ4v) is 1.23. The third-order valence-electron chi connectivity index (χ3n) is 2.16. The van der Waals surface area contributed by atoms with Gasteiger partial charge in [0.1, 0.15) is 5.75 Å². The van der Waals surface area contributed by atoms with Crippen molar-refractivity contribution in [1.29, 1.82) is 5.26 Å². The molecule has 0 heterocycles. The van der Waals surface area contributed by atoms with Crippen molar-refractivity contribution < 1.29 is 4.74 Å². The van der Waals surface area contributed by atoms with Crippen LogP contribution in [0.15, 0.2) is 12.1 Å². The van der Waals surface area contributed by atoms with Crippen LogP contribution in [0.5, 0.6) is 5.75 Å². The SMILES string of the molecule is CCOc1ccc(C#N)c(C)c1C. The first-order valence-electron chi connectivity index (χ1n) is 4.33. The van der Waals surface area contributed by atoms with Gasteiger partial charge in [0, 0.05) is 0 Å². The van der Waals surface area contributed by atoms with Gasteiger partial charge < -0.3 is 4.74 Å². The summed E-state index contributed by atoms with van der Waals surface area (Å²) in [7, 11) is 0. The summed E-state index contributed by atoms with van der Waals surface area (Å²) in [5.74, 6) is 0.874. The number of hydrogen-bond acceptors (Lipinski definition) is 2. The first kappa shape index (κ1) is 9.60. The Hall–Kier alpha value is -1.49. The molecule has 0 aromatic heterocycles. The fraction of sp³-hybridized carbons (Fsp3) is 0.364. The van der Waals surface area contributed by atoms with Gasteiger partial charge in [-0.3, -0.25) is 0 Å². The van der Waals surface area contributed by atoms with E-state index in [0.29, 0.717) is 6.61 Å². The summed E-state index contributed by atoms with van der Waals surface area (Å²) >= 11 is 0. The molecule has 1 aromatic carbocycles. The Labute approximate surface area is 78.8 Å². The lowest BCUT2D eigenvalue weighted by Crippen LogP contribution is -1.96. The third kappa shape index (κ3) is 1.81. The highest BCUT2D eigenvalue weighted by Crippen LogP contribution is 2.23. The first-order valence-corrected chi connectivity index (χ1v) is 4.33. The predicted molar refractivity (Wildman–Crippen MR) is 51.8 cm³/mol. The minimum atomic E-state index is 0.659. The maximum absolute atomic E-state index is 8.77. The van der Waals surface area contributed by atoms with Gasteiger partial charge in [0.2, 0.25) is 0 Å². The minimum Gasteiger partial charge on any atom is -0.494 e. The number of nitrogens with zero attached hydrogens (tertiary/aromatic N) is 1. The molecule has 0 bridgehead atoms. The summed E-state index contributed by atoms with van der Waals surface area (Å²) in [6.07, 6.45) is 0. The quantitative estimate of drug-likeness (QED) is 0.692. The smallest absolute Gasteiger partial charge is 0.122 e. The second kappa shape index (κ2) is 3.95. The molecule has 0 atom stereocenters. The van der Waals surface area contributed by atoms with Gasteiger partial charge in [-0.2, -0.15) is 5.26 Å². The lowest BCUT2D eigenvalue weighted by atomic mass is 10.0. The van der Waals surface area contributed by atoms with Crippen LogP contribution in [0.4, 0.5) is 0 Å². The van der Waals surface area contributed by atoms with Crippen LogP contribution in [-0.2, 0) is 0 Å². The van der Waals surface area contributed by atoms with Crippen LogP contribution in [0, 0.1) is 25.2 Å². The van der Waals surface area contributed by atoms with Crippen molar-refractivity contribution in [2.45, 2.75) is 20.8 Å². The summed E-state index contributed by atoms with van der Waals surface area (Å²) in [4.78, 5) is 0. The molecule has 1 rings (SSSR count). The highest BCUT2D eigenvalue weighted by atomic mass is 16.5. The molecule has 2 heteroatoms. The van der Waals surface area contributed by atoms with E-state index in [1.807, 2.05) is 26.8 Å². The van der Waals surface area contributed by atoms with E-state index in [-0.39, 0.29) is 0 Å². The Morgan fingerprint density at radius 1 is 1.31 bits per heavy atom. The normalized spacial score (nSPS) is 9.38. The van der Waals surface area contributed by atoms with Crippen LogP contribution in [0.2, 0.25) is 0 Å². The molecule has 0 amide bonds. The first-order chi connectivity index (χ1) is 6.20. The number of rotatable bonds is 2. The van der Waals surface area contributed by atoms with E-state index in [1.54, 1.807) is 6.07 Å². The van der Waals surface area contributed by atoms with Crippen molar-refractivity contribution in [2.75, 3.05) is 6.61 Å². The van der Waals surface area contributed by atoms with Crippen molar-refractivity contribution in [3.8, 4) is 11.8 Å². The largest absolute Gasteiger partial charge is 0.494 e. The monoisotopic (exact) mass is 175 g/mol. The molecule has 0 aliphatic heterocycles. The van der Waals surface area contributed by atoms with E-state index in [0.717, 1.165) is 22.4 Å². The van der Waals surface area contributed by atoms with Crippen LogP contribution < -0.4 is 4.74 Å². The van der Waals surface area contributed by atoms with Gasteiger partial charge in [0.15, 0.2) is 0 Å². The number of ether oxygens (including phenoxy) is 1. The van der Waals surface area contributed by atoms with Crippen LogP contribution in [-0.4, -0.2) is 6.61 Å². The fourth-order valence-electron chi connectivity index (χ4n) is 1.23. The highest BCUT2D eigenvalue weighted by molar-refractivity contribution is 5.48. The molecule has 0 N–H and O–H groups in total. The third-order valence-corrected chi connectivity index (χ3v) is 2.16. The van der Waals surface area contributed by atoms with E-state index in [4.69, 9.17) is 10.00 Å². The molecule has 0 saturated heterocycles. The zero-order valence-electron chi connectivity index (χ0n) is 8.22. The second-order valence-electron chi connectivity index (χ2n) is 2.91. The maximum Gasteiger partial charge on any atom is 0.122 e. The number of nitriles is 1. The maximum atomic E-state index is 8.77. The van der Waals surface area contributed by atoms with E-state index >= 15 is 0 Å². The average Bonchev–Trinajstić information content (AvgIpc) is 2.14. The Kier molecular flexibility index (Phi) is 2.92. The molecule has 0 aliphatic rings. The molecule has 68 valence electrons. The Morgan fingerprint density at radius 2 is 2.00 bits per heavy atom. The molecular weight excluding hydrogens is 162 g/mol. The van der Waals surface area contributed by atoms with Gasteiger partial charge in [0.05, 0.1) is 18.2 Å². The molecular formula is C11H13NO. The van der Waals surface area contributed by atoms with Crippen LogP contribution >= 0.6 is 0 Å². The molecule has 0 unspecified atom stereocenters. The molecule has 0 radical (unpaired) electrons. The zero-order chi connectivity index (χ0) is 9.84. The van der Waals surface area contributed by atoms with Crippen LogP contribution in [0.3, 0.4) is 0 Å². The summed E-state index contributed by atoms with van der Waals surface area (Å²) in [6.45, 7) is 6.52. The van der Waals surface area contributed by atoms with Crippen molar-refractivity contribution in [3.63, 3.8) is 0 Å². The average molecular weight is 175 g/mol.